The molecule has 0 aliphatic carbocycles. The van der Waals surface area contributed by atoms with Crippen molar-refractivity contribution in [2.24, 2.45) is 0 Å². The summed E-state index contributed by atoms with van der Waals surface area (Å²) >= 11 is 0. The Morgan fingerprint density at radius 3 is 2.77 bits per heavy atom. The minimum atomic E-state index is 0.179. The van der Waals surface area contributed by atoms with E-state index >= 15 is 0 Å². The van der Waals surface area contributed by atoms with Crippen molar-refractivity contribution in [1.82, 2.24) is 29.5 Å². The summed E-state index contributed by atoms with van der Waals surface area (Å²) in [5.41, 5.74) is 0. The first-order chi connectivity index (χ1) is 10.6. The molecule has 2 heterocycles. The Hall–Kier alpha value is -1.51. The minimum Gasteiger partial charge on any atom is -0.383 e. The standard InChI is InChI=1S/C14H26N6O2/c1-17-4-6-19(7-5-17)14(21)11-18(2)10-13-16-15-12-20(13)8-9-22-3/h12H,4-11H2,1-3H3. The molecule has 0 atom stereocenters. The molecule has 8 nitrogen and oxygen atoms in total. The molecule has 0 aromatic carbocycles. The van der Waals surface area contributed by atoms with Gasteiger partial charge < -0.3 is 19.1 Å². The van der Waals surface area contributed by atoms with Crippen LogP contribution in [0, 0.1) is 0 Å². The Labute approximate surface area is 131 Å². The third-order valence-electron chi connectivity index (χ3n) is 3.90. The highest BCUT2D eigenvalue weighted by Gasteiger charge is 2.20. The van der Waals surface area contributed by atoms with Gasteiger partial charge in [-0.1, -0.05) is 0 Å². The normalized spacial score (nSPS) is 16.5. The first-order valence-corrected chi connectivity index (χ1v) is 7.60. The highest BCUT2D eigenvalue weighted by Crippen LogP contribution is 2.03. The maximum Gasteiger partial charge on any atom is 0.236 e. The van der Waals surface area contributed by atoms with Gasteiger partial charge in [0.1, 0.15) is 12.2 Å². The molecular formula is C14H26N6O2. The van der Waals surface area contributed by atoms with E-state index in [1.807, 2.05) is 21.4 Å². The summed E-state index contributed by atoms with van der Waals surface area (Å²) in [6.45, 7) is 5.86. The lowest BCUT2D eigenvalue weighted by Crippen LogP contribution is -2.49. The molecule has 2 rings (SSSR count). The van der Waals surface area contributed by atoms with Crippen molar-refractivity contribution < 1.29 is 9.53 Å². The van der Waals surface area contributed by atoms with E-state index in [0.29, 0.717) is 19.7 Å². The van der Waals surface area contributed by atoms with Gasteiger partial charge in [-0.15, -0.1) is 10.2 Å². The summed E-state index contributed by atoms with van der Waals surface area (Å²) in [6, 6.07) is 0. The second-order valence-electron chi connectivity index (χ2n) is 5.79. The number of hydrogen-bond acceptors (Lipinski definition) is 6. The van der Waals surface area contributed by atoms with Crippen LogP contribution in [0.3, 0.4) is 0 Å². The summed E-state index contributed by atoms with van der Waals surface area (Å²) in [7, 11) is 5.69. The van der Waals surface area contributed by atoms with Crippen LogP contribution >= 0.6 is 0 Å². The van der Waals surface area contributed by atoms with Gasteiger partial charge in [0.15, 0.2) is 0 Å². The summed E-state index contributed by atoms with van der Waals surface area (Å²) in [5, 5.41) is 8.06. The fourth-order valence-corrected chi connectivity index (χ4v) is 2.46. The zero-order valence-electron chi connectivity index (χ0n) is 13.7. The number of nitrogens with zero attached hydrogens (tertiary/aromatic N) is 6. The van der Waals surface area contributed by atoms with Crippen molar-refractivity contribution in [2.75, 3.05) is 60.5 Å². The second-order valence-corrected chi connectivity index (χ2v) is 5.79. The van der Waals surface area contributed by atoms with Crippen molar-refractivity contribution >= 4 is 5.91 Å². The first kappa shape index (κ1) is 16.9. The molecule has 0 radical (unpaired) electrons. The van der Waals surface area contributed by atoms with Gasteiger partial charge in [0.2, 0.25) is 5.91 Å². The molecule has 124 valence electrons. The monoisotopic (exact) mass is 310 g/mol. The van der Waals surface area contributed by atoms with Crippen LogP contribution in [0.1, 0.15) is 5.82 Å². The molecule has 1 saturated heterocycles. The van der Waals surface area contributed by atoms with Crippen LogP contribution in [0.4, 0.5) is 0 Å². The van der Waals surface area contributed by atoms with Crippen LogP contribution in [0.15, 0.2) is 6.33 Å². The Morgan fingerprint density at radius 1 is 1.36 bits per heavy atom. The van der Waals surface area contributed by atoms with Gasteiger partial charge in [-0.25, -0.2) is 0 Å². The van der Waals surface area contributed by atoms with E-state index in [1.165, 1.54) is 0 Å². The summed E-state index contributed by atoms with van der Waals surface area (Å²) in [5.74, 6) is 1.03. The van der Waals surface area contributed by atoms with E-state index in [1.54, 1.807) is 13.4 Å². The maximum absolute atomic E-state index is 12.3. The number of carbonyl (C=O) groups excluding carboxylic acids is 1. The van der Waals surface area contributed by atoms with Crippen molar-refractivity contribution in [3.05, 3.63) is 12.2 Å². The minimum absolute atomic E-state index is 0.179. The quantitative estimate of drug-likeness (QED) is 0.652. The molecule has 0 N–H and O–H groups in total. The molecule has 0 spiro atoms. The van der Waals surface area contributed by atoms with E-state index in [2.05, 4.69) is 22.1 Å². The smallest absolute Gasteiger partial charge is 0.236 e. The molecule has 0 bridgehead atoms. The van der Waals surface area contributed by atoms with Crippen molar-refractivity contribution in [1.29, 1.82) is 0 Å². The number of amides is 1. The van der Waals surface area contributed by atoms with Crippen LogP contribution in [-0.4, -0.2) is 95.9 Å². The Kier molecular flexibility index (Phi) is 6.29. The average Bonchev–Trinajstić information content (AvgIpc) is 2.92. The van der Waals surface area contributed by atoms with Gasteiger partial charge in [0, 0.05) is 39.8 Å². The van der Waals surface area contributed by atoms with Crippen LogP contribution in [-0.2, 0) is 22.6 Å². The number of methoxy groups -OCH3 is 1. The van der Waals surface area contributed by atoms with E-state index in [0.717, 1.165) is 38.5 Å². The predicted octanol–water partition coefficient (Wildman–Crippen LogP) is -0.870. The molecule has 0 unspecified atom stereocenters. The summed E-state index contributed by atoms with van der Waals surface area (Å²) in [6.07, 6.45) is 1.70. The van der Waals surface area contributed by atoms with E-state index in [-0.39, 0.29) is 5.91 Å². The lowest BCUT2D eigenvalue weighted by molar-refractivity contribution is -0.133. The van der Waals surface area contributed by atoms with Gasteiger partial charge in [0.05, 0.1) is 19.7 Å². The number of piperazine rings is 1. The maximum atomic E-state index is 12.3. The van der Waals surface area contributed by atoms with E-state index in [4.69, 9.17) is 4.74 Å². The number of likely N-dealkylation sites (N-methyl/N-ethyl adjacent to an activating group) is 2. The first-order valence-electron chi connectivity index (χ1n) is 7.60. The molecule has 1 amide bonds. The molecule has 0 saturated carbocycles. The van der Waals surface area contributed by atoms with Crippen molar-refractivity contribution in [3.63, 3.8) is 0 Å². The zero-order chi connectivity index (χ0) is 15.9. The lowest BCUT2D eigenvalue weighted by atomic mass is 10.3. The highest BCUT2D eigenvalue weighted by molar-refractivity contribution is 5.78. The average molecular weight is 310 g/mol. The Morgan fingerprint density at radius 2 is 2.09 bits per heavy atom. The van der Waals surface area contributed by atoms with Crippen LogP contribution < -0.4 is 0 Å². The van der Waals surface area contributed by atoms with Gasteiger partial charge in [0.25, 0.3) is 0 Å². The molecule has 1 aliphatic rings. The SMILES string of the molecule is COCCn1cnnc1CN(C)CC(=O)N1CCN(C)CC1. The Bertz CT molecular complexity index is 470. The third kappa shape index (κ3) is 4.75. The molecule has 1 fully saturated rings. The van der Waals surface area contributed by atoms with Crippen molar-refractivity contribution in [3.8, 4) is 0 Å². The van der Waals surface area contributed by atoms with Gasteiger partial charge in [-0.2, -0.15) is 0 Å². The van der Waals surface area contributed by atoms with E-state index < -0.39 is 0 Å². The molecular weight excluding hydrogens is 284 g/mol. The highest BCUT2D eigenvalue weighted by atomic mass is 16.5. The molecule has 1 aliphatic heterocycles. The van der Waals surface area contributed by atoms with Crippen molar-refractivity contribution in [2.45, 2.75) is 13.1 Å². The van der Waals surface area contributed by atoms with Gasteiger partial charge >= 0.3 is 0 Å². The lowest BCUT2D eigenvalue weighted by Gasteiger charge is -2.33. The zero-order valence-corrected chi connectivity index (χ0v) is 13.7. The van der Waals surface area contributed by atoms with Crippen LogP contribution in [0.2, 0.25) is 0 Å². The number of carbonyl (C=O) groups is 1. The number of rotatable bonds is 7. The number of aromatic nitrogens is 3. The molecule has 1 aromatic rings. The number of hydrogen-bond donors (Lipinski definition) is 0. The Balaban J connectivity index is 1.81. The fourth-order valence-electron chi connectivity index (χ4n) is 2.46. The van der Waals surface area contributed by atoms with Gasteiger partial charge in [-0.3, -0.25) is 9.69 Å². The third-order valence-corrected chi connectivity index (χ3v) is 3.90. The largest absolute Gasteiger partial charge is 0.383 e. The van der Waals surface area contributed by atoms with Gasteiger partial charge in [-0.05, 0) is 14.1 Å². The summed E-state index contributed by atoms with van der Waals surface area (Å²) in [4.78, 5) is 18.5. The van der Waals surface area contributed by atoms with Crippen LogP contribution in [0.25, 0.3) is 0 Å². The van der Waals surface area contributed by atoms with Crippen LogP contribution in [0.5, 0.6) is 0 Å². The topological polar surface area (TPSA) is 66.7 Å². The summed E-state index contributed by atoms with van der Waals surface area (Å²) < 4.78 is 7.03. The number of ether oxygens (including phenoxy) is 1. The predicted molar refractivity (Wildman–Crippen MR) is 82.3 cm³/mol. The molecule has 22 heavy (non-hydrogen) atoms. The molecule has 8 heteroatoms. The second kappa shape index (κ2) is 8.21. The molecule has 1 aromatic heterocycles. The fraction of sp³-hybridized carbons (Fsp3) is 0.786. The van der Waals surface area contributed by atoms with E-state index in [9.17, 15) is 4.79 Å².